The number of nitrogens with one attached hydrogen (secondary N) is 1. The maximum Gasteiger partial charge on any atom is 0.335 e. The van der Waals surface area contributed by atoms with Gasteiger partial charge in [0.25, 0.3) is 5.91 Å². The molecule has 7 heteroatoms. The standard InChI is InChI=1S/C13H10ClN3O3/c14-11-6-8(1-4-16-11)12(18)17-7-10-5-9(13(19)20)2-3-15-10/h1-6H,7H2,(H,17,18)(H,19,20). The van der Waals surface area contributed by atoms with E-state index in [2.05, 4.69) is 15.3 Å². The zero-order chi connectivity index (χ0) is 14.5. The average molecular weight is 292 g/mol. The minimum absolute atomic E-state index is 0.121. The lowest BCUT2D eigenvalue weighted by Crippen LogP contribution is -2.23. The first-order chi connectivity index (χ1) is 9.56. The van der Waals surface area contributed by atoms with Crippen LogP contribution >= 0.6 is 11.6 Å². The van der Waals surface area contributed by atoms with E-state index >= 15 is 0 Å². The number of aromatic carboxylic acids is 1. The van der Waals surface area contributed by atoms with E-state index in [0.717, 1.165) is 0 Å². The molecule has 2 heterocycles. The van der Waals surface area contributed by atoms with Gasteiger partial charge in [0.15, 0.2) is 0 Å². The van der Waals surface area contributed by atoms with Crippen molar-refractivity contribution in [3.63, 3.8) is 0 Å². The minimum atomic E-state index is -1.04. The van der Waals surface area contributed by atoms with Crippen LogP contribution in [0.2, 0.25) is 5.15 Å². The van der Waals surface area contributed by atoms with Crippen molar-refractivity contribution >= 4 is 23.5 Å². The van der Waals surface area contributed by atoms with Crippen LogP contribution in [0.1, 0.15) is 26.4 Å². The summed E-state index contributed by atoms with van der Waals surface area (Å²) >= 11 is 5.69. The van der Waals surface area contributed by atoms with Crippen molar-refractivity contribution in [2.24, 2.45) is 0 Å². The molecular formula is C13H10ClN3O3. The molecule has 0 unspecified atom stereocenters. The highest BCUT2D eigenvalue weighted by molar-refractivity contribution is 6.29. The number of carboxylic acids is 1. The molecule has 102 valence electrons. The molecule has 2 aromatic heterocycles. The third kappa shape index (κ3) is 3.52. The van der Waals surface area contributed by atoms with E-state index in [1.807, 2.05) is 0 Å². The van der Waals surface area contributed by atoms with E-state index in [1.165, 1.54) is 36.7 Å². The van der Waals surface area contributed by atoms with Gasteiger partial charge in [-0.3, -0.25) is 9.78 Å². The molecule has 2 N–H and O–H groups in total. The van der Waals surface area contributed by atoms with Crippen molar-refractivity contribution in [2.75, 3.05) is 0 Å². The first kappa shape index (κ1) is 14.0. The first-order valence-corrected chi connectivity index (χ1v) is 6.02. The van der Waals surface area contributed by atoms with Crippen LogP contribution in [-0.4, -0.2) is 27.0 Å². The predicted octanol–water partition coefficient (Wildman–Crippen LogP) is 1.76. The van der Waals surface area contributed by atoms with Gasteiger partial charge < -0.3 is 10.4 Å². The first-order valence-electron chi connectivity index (χ1n) is 5.64. The quantitative estimate of drug-likeness (QED) is 0.837. The van der Waals surface area contributed by atoms with Crippen molar-refractivity contribution in [3.8, 4) is 0 Å². The smallest absolute Gasteiger partial charge is 0.335 e. The Hall–Kier alpha value is -2.47. The lowest BCUT2D eigenvalue weighted by Gasteiger charge is -2.05. The van der Waals surface area contributed by atoms with Crippen molar-refractivity contribution in [1.82, 2.24) is 15.3 Å². The summed E-state index contributed by atoms with van der Waals surface area (Å²) in [6.45, 7) is 0.125. The number of amides is 1. The highest BCUT2D eigenvalue weighted by atomic mass is 35.5. The van der Waals surface area contributed by atoms with Crippen LogP contribution < -0.4 is 5.32 Å². The number of carbonyl (C=O) groups is 2. The highest BCUT2D eigenvalue weighted by Gasteiger charge is 2.08. The molecule has 6 nitrogen and oxygen atoms in total. The molecule has 2 rings (SSSR count). The number of pyridine rings is 2. The van der Waals surface area contributed by atoms with Crippen LogP contribution in [0.5, 0.6) is 0 Å². The topological polar surface area (TPSA) is 92.2 Å². The molecule has 0 atom stereocenters. The Morgan fingerprint density at radius 2 is 1.85 bits per heavy atom. The van der Waals surface area contributed by atoms with E-state index in [1.54, 1.807) is 0 Å². The summed E-state index contributed by atoms with van der Waals surface area (Å²) < 4.78 is 0. The molecule has 0 aliphatic carbocycles. The largest absolute Gasteiger partial charge is 0.478 e. The Kier molecular flexibility index (Phi) is 4.27. The van der Waals surface area contributed by atoms with E-state index in [9.17, 15) is 9.59 Å². The van der Waals surface area contributed by atoms with Crippen LogP contribution in [0.3, 0.4) is 0 Å². The van der Waals surface area contributed by atoms with Crippen molar-refractivity contribution in [2.45, 2.75) is 6.54 Å². The number of halogens is 1. The van der Waals surface area contributed by atoms with Gasteiger partial charge in [0.05, 0.1) is 17.8 Å². The summed E-state index contributed by atoms with van der Waals surface area (Å²) in [5.74, 6) is -1.38. The Morgan fingerprint density at radius 3 is 2.55 bits per heavy atom. The SMILES string of the molecule is O=C(O)c1ccnc(CNC(=O)c2ccnc(Cl)c2)c1. The predicted molar refractivity (Wildman–Crippen MR) is 71.6 cm³/mol. The van der Waals surface area contributed by atoms with E-state index < -0.39 is 5.97 Å². The van der Waals surface area contributed by atoms with Gasteiger partial charge in [-0.1, -0.05) is 11.6 Å². The second-order valence-corrected chi connectivity index (χ2v) is 4.28. The third-order valence-electron chi connectivity index (χ3n) is 2.48. The molecule has 0 aliphatic rings. The molecule has 0 radical (unpaired) electrons. The maximum atomic E-state index is 11.8. The average Bonchev–Trinajstić information content (AvgIpc) is 2.45. The third-order valence-corrected chi connectivity index (χ3v) is 2.69. The van der Waals surface area contributed by atoms with Crippen molar-refractivity contribution < 1.29 is 14.7 Å². The van der Waals surface area contributed by atoms with Gasteiger partial charge in [-0.25, -0.2) is 9.78 Å². The number of nitrogens with zero attached hydrogens (tertiary/aromatic N) is 2. The summed E-state index contributed by atoms with van der Waals surface area (Å²) in [5.41, 5.74) is 0.953. The molecule has 0 aromatic carbocycles. The van der Waals surface area contributed by atoms with Gasteiger partial charge >= 0.3 is 5.97 Å². The number of carbonyl (C=O) groups excluding carboxylic acids is 1. The van der Waals surface area contributed by atoms with Gasteiger partial charge in [0, 0.05) is 18.0 Å². The molecule has 0 saturated carbocycles. The molecular weight excluding hydrogens is 282 g/mol. The Labute approximate surface area is 119 Å². The Morgan fingerprint density at radius 1 is 1.15 bits per heavy atom. The molecule has 1 amide bonds. The molecule has 0 spiro atoms. The summed E-state index contributed by atoms with van der Waals surface area (Å²) in [6, 6.07) is 5.76. The summed E-state index contributed by atoms with van der Waals surface area (Å²) in [4.78, 5) is 30.4. The second-order valence-electron chi connectivity index (χ2n) is 3.89. The summed E-state index contributed by atoms with van der Waals surface area (Å²) in [7, 11) is 0. The minimum Gasteiger partial charge on any atom is -0.478 e. The number of rotatable bonds is 4. The normalized spacial score (nSPS) is 10.1. The van der Waals surface area contributed by atoms with Gasteiger partial charge in [-0.2, -0.15) is 0 Å². The van der Waals surface area contributed by atoms with E-state index in [-0.39, 0.29) is 23.2 Å². The van der Waals surface area contributed by atoms with Crippen LogP contribution in [0.4, 0.5) is 0 Å². The second kappa shape index (κ2) is 6.12. The van der Waals surface area contributed by atoms with Crippen LogP contribution in [0.15, 0.2) is 36.7 Å². The molecule has 0 bridgehead atoms. The fourth-order valence-corrected chi connectivity index (χ4v) is 1.70. The van der Waals surface area contributed by atoms with Gasteiger partial charge in [0.2, 0.25) is 0 Å². The fraction of sp³-hybridized carbons (Fsp3) is 0.0769. The van der Waals surface area contributed by atoms with Gasteiger partial charge in [-0.05, 0) is 24.3 Å². The van der Waals surface area contributed by atoms with Crippen LogP contribution in [-0.2, 0) is 6.54 Å². The van der Waals surface area contributed by atoms with Crippen molar-refractivity contribution in [1.29, 1.82) is 0 Å². The number of aromatic nitrogens is 2. The Balaban J connectivity index is 2.03. The van der Waals surface area contributed by atoms with Crippen LogP contribution in [0.25, 0.3) is 0 Å². The maximum absolute atomic E-state index is 11.8. The van der Waals surface area contributed by atoms with Crippen LogP contribution in [0, 0.1) is 0 Å². The summed E-state index contributed by atoms with van der Waals surface area (Å²) in [5, 5.41) is 11.7. The van der Waals surface area contributed by atoms with Crippen molar-refractivity contribution in [3.05, 3.63) is 58.6 Å². The fourth-order valence-electron chi connectivity index (χ4n) is 1.52. The van der Waals surface area contributed by atoms with E-state index in [0.29, 0.717) is 11.3 Å². The summed E-state index contributed by atoms with van der Waals surface area (Å²) in [6.07, 6.45) is 2.81. The molecule has 20 heavy (non-hydrogen) atoms. The lowest BCUT2D eigenvalue weighted by molar-refractivity contribution is 0.0696. The Bertz CT molecular complexity index is 661. The number of carboxylic acid groups (broad SMARTS) is 1. The lowest BCUT2D eigenvalue weighted by atomic mass is 10.2. The van der Waals surface area contributed by atoms with E-state index in [4.69, 9.17) is 16.7 Å². The molecule has 2 aromatic rings. The highest BCUT2D eigenvalue weighted by Crippen LogP contribution is 2.07. The zero-order valence-electron chi connectivity index (χ0n) is 10.2. The number of hydrogen-bond acceptors (Lipinski definition) is 4. The monoisotopic (exact) mass is 291 g/mol. The number of hydrogen-bond donors (Lipinski definition) is 2. The molecule has 0 fully saturated rings. The molecule has 0 aliphatic heterocycles. The zero-order valence-corrected chi connectivity index (χ0v) is 11.0. The van der Waals surface area contributed by atoms with Gasteiger partial charge in [-0.15, -0.1) is 0 Å². The van der Waals surface area contributed by atoms with Gasteiger partial charge in [0.1, 0.15) is 5.15 Å². The molecule has 0 saturated heterocycles.